The van der Waals surface area contributed by atoms with E-state index in [4.69, 9.17) is 0 Å². The normalized spacial score (nSPS) is 11.6. The van der Waals surface area contributed by atoms with Gasteiger partial charge >= 0.3 is 0 Å². The van der Waals surface area contributed by atoms with E-state index in [2.05, 4.69) is 228 Å². The highest BCUT2D eigenvalue weighted by atomic mass is 15.0. The van der Waals surface area contributed by atoms with Gasteiger partial charge in [0, 0.05) is 32.7 Å². The third kappa shape index (κ3) is 5.19. The number of rotatable bonds is 6. The van der Waals surface area contributed by atoms with E-state index >= 15 is 0 Å². The van der Waals surface area contributed by atoms with Crippen molar-refractivity contribution in [3.8, 4) is 55.9 Å². The minimum Gasteiger partial charge on any atom is -0.309 e. The first-order chi connectivity index (χ1) is 27.8. The van der Waals surface area contributed by atoms with Crippen molar-refractivity contribution in [3.63, 3.8) is 0 Å². The van der Waals surface area contributed by atoms with Gasteiger partial charge in [-0.3, -0.25) is 0 Å². The van der Waals surface area contributed by atoms with E-state index in [0.29, 0.717) is 0 Å². The molecule has 2 nitrogen and oxygen atoms in total. The van der Waals surface area contributed by atoms with Crippen LogP contribution < -0.4 is 0 Å². The topological polar surface area (TPSA) is 9.86 Å². The zero-order valence-electron chi connectivity index (χ0n) is 30.7. The minimum absolute atomic E-state index is 1.18. The van der Waals surface area contributed by atoms with Crippen LogP contribution in [0.1, 0.15) is 0 Å². The fourth-order valence-electron chi connectivity index (χ4n) is 8.76. The van der Waals surface area contributed by atoms with Crippen LogP contribution in [0.3, 0.4) is 0 Å². The Bertz CT molecular complexity index is 3020. The predicted molar refractivity (Wildman–Crippen MR) is 237 cm³/mol. The van der Waals surface area contributed by atoms with Gasteiger partial charge in [0.2, 0.25) is 0 Å². The van der Waals surface area contributed by atoms with Gasteiger partial charge in [-0.25, -0.2) is 0 Å². The molecule has 56 heavy (non-hydrogen) atoms. The molecule has 0 fully saturated rings. The second-order valence-corrected chi connectivity index (χ2v) is 14.5. The van der Waals surface area contributed by atoms with E-state index < -0.39 is 0 Å². The van der Waals surface area contributed by atoms with Gasteiger partial charge in [-0.05, 0) is 88.0 Å². The number of nitrogens with zero attached hydrogens (tertiary/aromatic N) is 2. The monoisotopic (exact) mass is 712 g/mol. The van der Waals surface area contributed by atoms with Gasteiger partial charge in [0.25, 0.3) is 0 Å². The van der Waals surface area contributed by atoms with Crippen molar-refractivity contribution >= 4 is 43.6 Å². The smallest absolute Gasteiger partial charge is 0.0541 e. The second-order valence-electron chi connectivity index (χ2n) is 14.5. The summed E-state index contributed by atoms with van der Waals surface area (Å²) in [7, 11) is 0. The molecule has 9 aromatic carbocycles. The fraction of sp³-hybridized carbons (Fsp3) is 0. The lowest BCUT2D eigenvalue weighted by atomic mass is 9.97. The molecule has 11 aromatic rings. The van der Waals surface area contributed by atoms with E-state index in [1.54, 1.807) is 0 Å². The van der Waals surface area contributed by atoms with Crippen LogP contribution in [-0.2, 0) is 0 Å². The molecule has 0 aliphatic heterocycles. The van der Waals surface area contributed by atoms with Crippen LogP contribution in [0.5, 0.6) is 0 Å². The molecular weight excluding hydrogens is 677 g/mol. The Morgan fingerprint density at radius 1 is 0.214 bits per heavy atom. The Labute approximate surface area is 325 Å². The molecule has 0 aliphatic carbocycles. The molecule has 11 rings (SSSR count). The third-order valence-electron chi connectivity index (χ3n) is 11.3. The Morgan fingerprint density at radius 2 is 0.571 bits per heavy atom. The van der Waals surface area contributed by atoms with E-state index in [9.17, 15) is 0 Å². The highest BCUT2D eigenvalue weighted by Crippen LogP contribution is 2.40. The van der Waals surface area contributed by atoms with Crippen molar-refractivity contribution < 1.29 is 0 Å². The van der Waals surface area contributed by atoms with E-state index in [1.807, 2.05) is 0 Å². The molecule has 2 aromatic heterocycles. The molecular formula is C54H36N2. The molecule has 0 radical (unpaired) electrons. The molecule has 0 spiro atoms. The van der Waals surface area contributed by atoms with Crippen LogP contribution in [0.4, 0.5) is 0 Å². The van der Waals surface area contributed by atoms with Crippen LogP contribution in [0, 0.1) is 0 Å². The maximum Gasteiger partial charge on any atom is 0.0541 e. The van der Waals surface area contributed by atoms with Crippen molar-refractivity contribution in [1.82, 2.24) is 9.13 Å². The molecule has 0 unspecified atom stereocenters. The highest BCUT2D eigenvalue weighted by molar-refractivity contribution is 6.12. The number of aromatic nitrogens is 2. The van der Waals surface area contributed by atoms with Crippen LogP contribution >= 0.6 is 0 Å². The van der Waals surface area contributed by atoms with Crippen LogP contribution in [-0.4, -0.2) is 9.13 Å². The van der Waals surface area contributed by atoms with Gasteiger partial charge in [0.15, 0.2) is 0 Å². The Kier molecular flexibility index (Phi) is 7.53. The highest BCUT2D eigenvalue weighted by Gasteiger charge is 2.18. The first-order valence-electron chi connectivity index (χ1n) is 19.3. The molecule has 2 heterocycles. The van der Waals surface area contributed by atoms with Gasteiger partial charge in [-0.15, -0.1) is 0 Å². The largest absolute Gasteiger partial charge is 0.309 e. The summed E-state index contributed by atoms with van der Waals surface area (Å²) in [5.74, 6) is 0. The molecule has 0 saturated heterocycles. The maximum atomic E-state index is 2.43. The molecule has 0 saturated carbocycles. The summed E-state index contributed by atoms with van der Waals surface area (Å²) in [5, 5.41) is 4.99. The van der Waals surface area contributed by atoms with E-state index in [1.165, 1.54) is 99.5 Å². The van der Waals surface area contributed by atoms with Gasteiger partial charge in [0.1, 0.15) is 0 Å². The number of fused-ring (bicyclic) bond motifs is 6. The molecule has 0 N–H and O–H groups in total. The molecule has 262 valence electrons. The van der Waals surface area contributed by atoms with Crippen LogP contribution in [0.2, 0.25) is 0 Å². The number of benzene rings is 9. The van der Waals surface area contributed by atoms with Gasteiger partial charge < -0.3 is 9.13 Å². The van der Waals surface area contributed by atoms with Gasteiger partial charge in [0.05, 0.1) is 33.4 Å². The average molecular weight is 713 g/mol. The summed E-state index contributed by atoms with van der Waals surface area (Å²) in [5.41, 5.74) is 16.8. The average Bonchev–Trinajstić information content (AvgIpc) is 3.79. The molecule has 0 bridgehead atoms. The Balaban J connectivity index is 1.03. The summed E-state index contributed by atoms with van der Waals surface area (Å²) in [6.45, 7) is 0. The quantitative estimate of drug-likeness (QED) is 0.162. The maximum absolute atomic E-state index is 2.43. The van der Waals surface area contributed by atoms with Crippen molar-refractivity contribution in [3.05, 3.63) is 218 Å². The molecule has 2 heteroatoms. The van der Waals surface area contributed by atoms with Gasteiger partial charge in [-0.2, -0.15) is 0 Å². The van der Waals surface area contributed by atoms with Crippen LogP contribution in [0.25, 0.3) is 99.5 Å². The van der Waals surface area contributed by atoms with Gasteiger partial charge in [-0.1, -0.05) is 164 Å². The lowest BCUT2D eigenvalue weighted by Gasteiger charge is -2.14. The fourth-order valence-corrected chi connectivity index (χ4v) is 8.76. The molecule has 0 aliphatic rings. The summed E-state index contributed by atoms with van der Waals surface area (Å²) < 4.78 is 4.86. The molecule has 0 amide bonds. The summed E-state index contributed by atoms with van der Waals surface area (Å²) in [4.78, 5) is 0. The van der Waals surface area contributed by atoms with Crippen molar-refractivity contribution in [1.29, 1.82) is 0 Å². The standard InChI is InChI=1S/C54H36N2/c1-3-16-37(17-4-1)43-22-7-11-26-49(43)55-51-28-13-9-24-45(51)47-35-41(30-32-53(47)55)39-20-15-21-40(34-39)42-31-33-54-48(36-42)46-25-10-14-29-52(46)56(54)50-27-12-8-23-44(50)38-18-5-2-6-19-38/h1-36H. The lowest BCUT2D eigenvalue weighted by Crippen LogP contribution is -1.97. The van der Waals surface area contributed by atoms with E-state index in [-0.39, 0.29) is 0 Å². The number of para-hydroxylation sites is 4. The first kappa shape index (κ1) is 32.0. The van der Waals surface area contributed by atoms with Crippen LogP contribution in [0.15, 0.2) is 218 Å². The SMILES string of the molecule is c1ccc(-c2ccccc2-n2c3ccccc3c3cc(-c4cccc(-c5ccc6c(c5)c5ccccc5n6-c5ccccc5-c5ccccc5)c4)ccc32)cc1. The van der Waals surface area contributed by atoms with Crippen molar-refractivity contribution in [2.75, 3.05) is 0 Å². The lowest BCUT2D eigenvalue weighted by molar-refractivity contribution is 1.18. The Morgan fingerprint density at radius 3 is 1.05 bits per heavy atom. The third-order valence-corrected chi connectivity index (χ3v) is 11.3. The first-order valence-corrected chi connectivity index (χ1v) is 19.3. The Hall–Kier alpha value is -7.42. The molecule has 0 atom stereocenters. The second kappa shape index (κ2) is 13.2. The zero-order valence-corrected chi connectivity index (χ0v) is 30.7. The summed E-state index contributed by atoms with van der Waals surface area (Å²) >= 11 is 0. The number of hydrogen-bond donors (Lipinski definition) is 0. The summed E-state index contributed by atoms with van der Waals surface area (Å²) in [6, 6.07) is 79.3. The summed E-state index contributed by atoms with van der Waals surface area (Å²) in [6.07, 6.45) is 0. The van der Waals surface area contributed by atoms with Crippen molar-refractivity contribution in [2.45, 2.75) is 0 Å². The number of hydrogen-bond acceptors (Lipinski definition) is 0. The van der Waals surface area contributed by atoms with Crippen molar-refractivity contribution in [2.24, 2.45) is 0 Å². The minimum atomic E-state index is 1.18. The van der Waals surface area contributed by atoms with E-state index in [0.717, 1.165) is 0 Å². The zero-order chi connectivity index (χ0) is 37.0. The predicted octanol–water partition coefficient (Wildman–Crippen LogP) is 14.5.